The summed E-state index contributed by atoms with van der Waals surface area (Å²) in [5.74, 6) is 2.00. The SMILES string of the molecule is c1ccc(-c2nc(-c3ccc(-c4cccc5oc6ccccc6c45)cc3)cc(-c3nc(-c4ccccc4)nc(-c4ccc(-c5ccccn5)nc4)n3)n2)cc1. The van der Waals surface area contributed by atoms with Crippen LogP contribution >= 0.6 is 0 Å². The highest BCUT2D eigenvalue weighted by atomic mass is 16.3. The predicted octanol–water partition coefficient (Wildman–Crippen LogP) is 11.0. The number of rotatable bonds is 7. The maximum absolute atomic E-state index is 6.18. The van der Waals surface area contributed by atoms with Crippen LogP contribution in [0.2, 0.25) is 0 Å². The van der Waals surface area contributed by atoms with Crippen LogP contribution in [0, 0.1) is 0 Å². The third kappa shape index (κ3) is 6.17. The predicted molar refractivity (Wildman–Crippen MR) is 216 cm³/mol. The second kappa shape index (κ2) is 13.7. The number of hydrogen-bond acceptors (Lipinski definition) is 8. The summed E-state index contributed by atoms with van der Waals surface area (Å²) < 4.78 is 6.18. The molecule has 0 N–H and O–H groups in total. The summed E-state index contributed by atoms with van der Waals surface area (Å²) in [4.78, 5) is 34.2. The monoisotopic (exact) mass is 707 g/mol. The van der Waals surface area contributed by atoms with Gasteiger partial charge in [-0.2, -0.15) is 0 Å². The molecule has 5 heterocycles. The van der Waals surface area contributed by atoms with Crippen LogP contribution in [-0.2, 0) is 0 Å². The van der Waals surface area contributed by atoms with Crippen molar-refractivity contribution in [3.8, 4) is 79.5 Å². The molecule has 0 atom stereocenters. The summed E-state index contributed by atoms with van der Waals surface area (Å²) in [5.41, 5.74) is 10.2. The lowest BCUT2D eigenvalue weighted by atomic mass is 9.98. The zero-order valence-electron chi connectivity index (χ0n) is 29.3. The molecule has 0 aliphatic carbocycles. The maximum Gasteiger partial charge on any atom is 0.182 e. The number of hydrogen-bond donors (Lipinski definition) is 0. The molecule has 0 spiro atoms. The van der Waals surface area contributed by atoms with Gasteiger partial charge in [0.15, 0.2) is 23.3 Å². The van der Waals surface area contributed by atoms with Gasteiger partial charge in [0.1, 0.15) is 16.9 Å². The average molecular weight is 708 g/mol. The number of furan rings is 1. The summed E-state index contributed by atoms with van der Waals surface area (Å²) in [5, 5.41) is 2.19. The topological polar surface area (TPSA) is 103 Å². The van der Waals surface area contributed by atoms with E-state index in [1.54, 1.807) is 12.4 Å². The lowest BCUT2D eigenvalue weighted by Crippen LogP contribution is -2.03. The second-order valence-corrected chi connectivity index (χ2v) is 13.0. The Bertz CT molecular complexity index is 2950. The Balaban J connectivity index is 1.10. The van der Waals surface area contributed by atoms with Crippen LogP contribution in [0.25, 0.3) is 101 Å². The van der Waals surface area contributed by atoms with Crippen molar-refractivity contribution >= 4 is 21.9 Å². The molecule has 0 saturated carbocycles. The van der Waals surface area contributed by atoms with Crippen molar-refractivity contribution in [1.82, 2.24) is 34.9 Å². The van der Waals surface area contributed by atoms with Crippen LogP contribution < -0.4 is 0 Å². The van der Waals surface area contributed by atoms with E-state index in [1.807, 2.05) is 127 Å². The first-order valence-electron chi connectivity index (χ1n) is 17.9. The maximum atomic E-state index is 6.18. The summed E-state index contributed by atoms with van der Waals surface area (Å²) in [6.45, 7) is 0. The molecule has 0 aliphatic heterocycles. The summed E-state index contributed by atoms with van der Waals surface area (Å²) in [6.07, 6.45) is 3.53. The molecule has 55 heavy (non-hydrogen) atoms. The van der Waals surface area contributed by atoms with E-state index >= 15 is 0 Å². The van der Waals surface area contributed by atoms with Crippen LogP contribution in [0.15, 0.2) is 181 Å². The van der Waals surface area contributed by atoms with Crippen molar-refractivity contribution in [3.63, 3.8) is 0 Å². The van der Waals surface area contributed by atoms with E-state index in [1.165, 1.54) is 0 Å². The van der Waals surface area contributed by atoms with Crippen molar-refractivity contribution in [2.45, 2.75) is 0 Å². The van der Waals surface area contributed by atoms with E-state index in [2.05, 4.69) is 41.4 Å². The van der Waals surface area contributed by atoms with Crippen LogP contribution in [0.5, 0.6) is 0 Å². The normalized spacial score (nSPS) is 11.3. The molecule has 0 bridgehead atoms. The first-order chi connectivity index (χ1) is 27.2. The van der Waals surface area contributed by atoms with Gasteiger partial charge in [-0.1, -0.05) is 121 Å². The van der Waals surface area contributed by atoms with Gasteiger partial charge in [0, 0.05) is 45.4 Å². The fourth-order valence-corrected chi connectivity index (χ4v) is 6.79. The first-order valence-corrected chi connectivity index (χ1v) is 17.9. The zero-order valence-corrected chi connectivity index (χ0v) is 29.3. The van der Waals surface area contributed by atoms with Gasteiger partial charge in [0.05, 0.1) is 17.1 Å². The molecule has 0 fully saturated rings. The number of benzene rings is 5. The molecular formula is C47H29N7O. The molecule has 0 aliphatic rings. The van der Waals surface area contributed by atoms with Crippen LogP contribution in [0.4, 0.5) is 0 Å². The Morgan fingerprint density at radius 1 is 0.345 bits per heavy atom. The number of aromatic nitrogens is 7. The van der Waals surface area contributed by atoms with Gasteiger partial charge in [-0.25, -0.2) is 24.9 Å². The molecule has 8 nitrogen and oxygen atoms in total. The fraction of sp³-hybridized carbons (Fsp3) is 0. The standard InChI is InChI=1S/C47H29N7O/c1-3-12-32(13-4-1)44-50-39(31-23-21-30(22-24-31)35-17-11-20-42-43(35)36-16-7-8-19-41(36)55-42)28-40(51-44)47-53-45(33-14-5-2-6-15-33)52-46(54-47)34-25-26-38(49-29-34)37-18-9-10-27-48-37/h1-29H. The Morgan fingerprint density at radius 3 is 1.67 bits per heavy atom. The molecule has 0 radical (unpaired) electrons. The van der Waals surface area contributed by atoms with Crippen molar-refractivity contribution < 1.29 is 4.42 Å². The smallest absolute Gasteiger partial charge is 0.182 e. The highest BCUT2D eigenvalue weighted by Gasteiger charge is 2.18. The minimum atomic E-state index is 0.425. The minimum absolute atomic E-state index is 0.425. The van der Waals surface area contributed by atoms with Crippen LogP contribution in [0.1, 0.15) is 0 Å². The van der Waals surface area contributed by atoms with Crippen LogP contribution in [-0.4, -0.2) is 34.9 Å². The van der Waals surface area contributed by atoms with Gasteiger partial charge in [-0.15, -0.1) is 0 Å². The first kappa shape index (κ1) is 32.0. The highest BCUT2D eigenvalue weighted by molar-refractivity contribution is 6.12. The lowest BCUT2D eigenvalue weighted by molar-refractivity contribution is 0.669. The van der Waals surface area contributed by atoms with E-state index in [0.717, 1.165) is 72.4 Å². The van der Waals surface area contributed by atoms with Gasteiger partial charge in [0.25, 0.3) is 0 Å². The number of pyridine rings is 2. The number of nitrogens with zero attached hydrogens (tertiary/aromatic N) is 7. The van der Waals surface area contributed by atoms with Crippen molar-refractivity contribution in [2.75, 3.05) is 0 Å². The van der Waals surface area contributed by atoms with Gasteiger partial charge >= 0.3 is 0 Å². The summed E-state index contributed by atoms with van der Waals surface area (Å²) >= 11 is 0. The van der Waals surface area contributed by atoms with E-state index in [4.69, 9.17) is 34.3 Å². The second-order valence-electron chi connectivity index (χ2n) is 13.0. The van der Waals surface area contributed by atoms with E-state index in [-0.39, 0.29) is 0 Å². The molecule has 8 heteroatoms. The van der Waals surface area contributed by atoms with Gasteiger partial charge < -0.3 is 4.42 Å². The van der Waals surface area contributed by atoms with Crippen molar-refractivity contribution in [1.29, 1.82) is 0 Å². The zero-order chi connectivity index (χ0) is 36.6. The molecule has 0 unspecified atom stereocenters. The third-order valence-electron chi connectivity index (χ3n) is 9.50. The molecule has 5 aromatic heterocycles. The highest BCUT2D eigenvalue weighted by Crippen LogP contribution is 2.37. The van der Waals surface area contributed by atoms with E-state index < -0.39 is 0 Å². The molecule has 0 amide bonds. The molecule has 10 aromatic rings. The fourth-order valence-electron chi connectivity index (χ4n) is 6.79. The van der Waals surface area contributed by atoms with Crippen molar-refractivity contribution in [2.24, 2.45) is 0 Å². The third-order valence-corrected chi connectivity index (χ3v) is 9.50. The minimum Gasteiger partial charge on any atom is -0.456 e. The molecule has 258 valence electrons. The van der Waals surface area contributed by atoms with Crippen LogP contribution in [0.3, 0.4) is 0 Å². The molecular weight excluding hydrogens is 679 g/mol. The van der Waals surface area contributed by atoms with E-state index in [9.17, 15) is 0 Å². The Kier molecular flexibility index (Phi) is 7.96. The van der Waals surface area contributed by atoms with Gasteiger partial charge in [0.2, 0.25) is 0 Å². The molecule has 10 rings (SSSR count). The summed E-state index contributed by atoms with van der Waals surface area (Å²) in [7, 11) is 0. The Morgan fingerprint density at radius 2 is 0.945 bits per heavy atom. The lowest BCUT2D eigenvalue weighted by Gasteiger charge is -2.11. The van der Waals surface area contributed by atoms with Crippen molar-refractivity contribution in [3.05, 3.63) is 176 Å². The van der Waals surface area contributed by atoms with Gasteiger partial charge in [-0.05, 0) is 53.6 Å². The Labute approximate surface area is 316 Å². The molecule has 0 saturated heterocycles. The Hall–Kier alpha value is -7.71. The molecule has 5 aromatic carbocycles. The number of para-hydroxylation sites is 1. The van der Waals surface area contributed by atoms with Gasteiger partial charge in [-0.3, -0.25) is 9.97 Å². The largest absolute Gasteiger partial charge is 0.456 e. The average Bonchev–Trinajstić information content (AvgIpc) is 3.66. The quantitative estimate of drug-likeness (QED) is 0.161. The number of fused-ring (bicyclic) bond motifs is 3. The summed E-state index contributed by atoms with van der Waals surface area (Å²) in [6, 6.07) is 54.2. The van der Waals surface area contributed by atoms with E-state index in [0.29, 0.717) is 29.0 Å².